The van der Waals surface area contributed by atoms with Crippen LogP contribution in [0.1, 0.15) is 18.4 Å². The van der Waals surface area contributed by atoms with Crippen molar-refractivity contribution >= 4 is 0 Å². The van der Waals surface area contributed by atoms with Gasteiger partial charge in [-0.1, -0.05) is 24.3 Å². The molecule has 64 valence electrons. The van der Waals surface area contributed by atoms with Crippen molar-refractivity contribution in [2.45, 2.75) is 20.3 Å². The van der Waals surface area contributed by atoms with E-state index in [1.807, 2.05) is 44.2 Å². The fourth-order valence-electron chi connectivity index (χ4n) is 0.969. The molecule has 0 bridgehead atoms. The van der Waals surface area contributed by atoms with E-state index in [-0.39, 0.29) is 0 Å². The standard InChI is InChI=1S/C11H14O/c1-3-4-5-6-7-11-9-8-10(2)12-11/h3-6,8-9H,7H2,1-2H3/b4-3+,6-5+. The maximum absolute atomic E-state index is 5.39. The molecule has 0 N–H and O–H groups in total. The normalized spacial score (nSPS) is 11.8. The number of hydrogen-bond donors (Lipinski definition) is 0. The summed E-state index contributed by atoms with van der Waals surface area (Å²) < 4.78 is 5.39. The van der Waals surface area contributed by atoms with Crippen LogP contribution in [0.3, 0.4) is 0 Å². The van der Waals surface area contributed by atoms with Crippen LogP contribution in [-0.2, 0) is 6.42 Å². The summed E-state index contributed by atoms with van der Waals surface area (Å²) in [6, 6.07) is 3.99. The summed E-state index contributed by atoms with van der Waals surface area (Å²) in [4.78, 5) is 0. The van der Waals surface area contributed by atoms with Crippen LogP contribution >= 0.6 is 0 Å². The lowest BCUT2D eigenvalue weighted by atomic mass is 10.3. The number of hydrogen-bond acceptors (Lipinski definition) is 1. The minimum atomic E-state index is 0.873. The zero-order valence-electron chi connectivity index (χ0n) is 7.58. The van der Waals surface area contributed by atoms with Crippen molar-refractivity contribution in [2.75, 3.05) is 0 Å². The molecule has 0 aromatic carbocycles. The Bertz CT molecular complexity index is 279. The van der Waals surface area contributed by atoms with E-state index in [9.17, 15) is 0 Å². The molecular formula is C11H14O. The van der Waals surface area contributed by atoms with Gasteiger partial charge in [0.15, 0.2) is 0 Å². The van der Waals surface area contributed by atoms with E-state index in [2.05, 4.69) is 6.08 Å². The number of rotatable bonds is 3. The van der Waals surface area contributed by atoms with Crippen molar-refractivity contribution < 1.29 is 4.42 Å². The Kier molecular flexibility index (Phi) is 3.39. The Morgan fingerprint density at radius 3 is 2.75 bits per heavy atom. The Hall–Kier alpha value is -1.24. The third kappa shape index (κ3) is 2.79. The summed E-state index contributed by atoms with van der Waals surface area (Å²) in [5, 5.41) is 0. The van der Waals surface area contributed by atoms with Crippen LogP contribution in [0.5, 0.6) is 0 Å². The molecule has 0 radical (unpaired) electrons. The van der Waals surface area contributed by atoms with E-state index in [1.165, 1.54) is 0 Å². The van der Waals surface area contributed by atoms with E-state index in [0.717, 1.165) is 17.9 Å². The molecule has 1 heteroatoms. The molecule has 0 amide bonds. The van der Waals surface area contributed by atoms with Crippen LogP contribution in [0.4, 0.5) is 0 Å². The molecule has 1 rings (SSSR count). The lowest BCUT2D eigenvalue weighted by Crippen LogP contribution is -1.72. The van der Waals surface area contributed by atoms with Gasteiger partial charge in [0, 0.05) is 6.42 Å². The summed E-state index contributed by atoms with van der Waals surface area (Å²) in [5.74, 6) is 2.00. The first-order chi connectivity index (χ1) is 5.83. The molecule has 1 nitrogen and oxygen atoms in total. The first-order valence-electron chi connectivity index (χ1n) is 4.16. The van der Waals surface area contributed by atoms with Crippen LogP contribution in [-0.4, -0.2) is 0 Å². The molecule has 0 saturated carbocycles. The lowest BCUT2D eigenvalue weighted by molar-refractivity contribution is 0.495. The quantitative estimate of drug-likeness (QED) is 0.622. The fraction of sp³-hybridized carbons (Fsp3) is 0.273. The van der Waals surface area contributed by atoms with Gasteiger partial charge in [-0.05, 0) is 26.0 Å². The molecule has 0 spiro atoms. The highest BCUT2D eigenvalue weighted by atomic mass is 16.3. The second-order valence-corrected chi connectivity index (χ2v) is 2.67. The van der Waals surface area contributed by atoms with Gasteiger partial charge in [0.25, 0.3) is 0 Å². The van der Waals surface area contributed by atoms with Gasteiger partial charge in [0.05, 0.1) is 0 Å². The third-order valence-electron chi connectivity index (χ3n) is 1.55. The molecular weight excluding hydrogens is 148 g/mol. The minimum Gasteiger partial charge on any atom is -0.466 e. The molecule has 0 aliphatic carbocycles. The van der Waals surface area contributed by atoms with Crippen molar-refractivity contribution in [1.29, 1.82) is 0 Å². The van der Waals surface area contributed by atoms with Crippen molar-refractivity contribution in [1.82, 2.24) is 0 Å². The molecule has 12 heavy (non-hydrogen) atoms. The summed E-state index contributed by atoms with van der Waals surface area (Å²) >= 11 is 0. The first-order valence-corrected chi connectivity index (χ1v) is 4.16. The second kappa shape index (κ2) is 4.60. The summed E-state index contributed by atoms with van der Waals surface area (Å²) in [5.41, 5.74) is 0. The third-order valence-corrected chi connectivity index (χ3v) is 1.55. The number of aryl methyl sites for hydroxylation is 1. The maximum Gasteiger partial charge on any atom is 0.107 e. The Labute approximate surface area is 73.4 Å². The zero-order valence-corrected chi connectivity index (χ0v) is 7.58. The minimum absolute atomic E-state index is 0.873. The summed E-state index contributed by atoms with van der Waals surface area (Å²) in [6.45, 7) is 3.96. The van der Waals surface area contributed by atoms with Crippen LogP contribution in [0, 0.1) is 6.92 Å². The van der Waals surface area contributed by atoms with Crippen LogP contribution in [0.2, 0.25) is 0 Å². The average molecular weight is 162 g/mol. The molecule has 0 aliphatic heterocycles. The van der Waals surface area contributed by atoms with E-state index < -0.39 is 0 Å². The molecule has 0 aliphatic rings. The predicted molar refractivity (Wildman–Crippen MR) is 51.1 cm³/mol. The van der Waals surface area contributed by atoms with Gasteiger partial charge in [-0.2, -0.15) is 0 Å². The Morgan fingerprint density at radius 1 is 1.33 bits per heavy atom. The smallest absolute Gasteiger partial charge is 0.107 e. The Morgan fingerprint density at radius 2 is 2.17 bits per heavy atom. The molecule has 0 unspecified atom stereocenters. The zero-order chi connectivity index (χ0) is 8.81. The van der Waals surface area contributed by atoms with Gasteiger partial charge in [-0.25, -0.2) is 0 Å². The molecule has 1 aromatic heterocycles. The predicted octanol–water partition coefficient (Wildman–Crippen LogP) is 3.26. The van der Waals surface area contributed by atoms with E-state index in [0.29, 0.717) is 0 Å². The van der Waals surface area contributed by atoms with Crippen molar-refractivity contribution in [3.8, 4) is 0 Å². The number of allylic oxidation sites excluding steroid dienone is 4. The van der Waals surface area contributed by atoms with Crippen LogP contribution < -0.4 is 0 Å². The highest BCUT2D eigenvalue weighted by Crippen LogP contribution is 2.06. The monoisotopic (exact) mass is 162 g/mol. The molecule has 1 heterocycles. The van der Waals surface area contributed by atoms with Crippen LogP contribution in [0.25, 0.3) is 0 Å². The second-order valence-electron chi connectivity index (χ2n) is 2.67. The van der Waals surface area contributed by atoms with Crippen LogP contribution in [0.15, 0.2) is 40.9 Å². The van der Waals surface area contributed by atoms with E-state index in [4.69, 9.17) is 4.42 Å². The molecule has 0 atom stereocenters. The Balaban J connectivity index is 2.43. The van der Waals surface area contributed by atoms with Crippen molar-refractivity contribution in [3.05, 3.63) is 48.0 Å². The highest BCUT2D eigenvalue weighted by molar-refractivity contribution is 5.11. The fourth-order valence-corrected chi connectivity index (χ4v) is 0.969. The molecule has 1 aromatic rings. The topological polar surface area (TPSA) is 13.1 Å². The van der Waals surface area contributed by atoms with Gasteiger partial charge in [0.2, 0.25) is 0 Å². The maximum atomic E-state index is 5.39. The van der Waals surface area contributed by atoms with Gasteiger partial charge in [0.1, 0.15) is 11.5 Å². The largest absolute Gasteiger partial charge is 0.466 e. The van der Waals surface area contributed by atoms with Crippen molar-refractivity contribution in [3.63, 3.8) is 0 Å². The number of furan rings is 1. The van der Waals surface area contributed by atoms with Gasteiger partial charge in [-0.3, -0.25) is 0 Å². The van der Waals surface area contributed by atoms with E-state index in [1.54, 1.807) is 0 Å². The first kappa shape index (κ1) is 8.85. The van der Waals surface area contributed by atoms with Crippen molar-refractivity contribution in [2.24, 2.45) is 0 Å². The summed E-state index contributed by atoms with van der Waals surface area (Å²) in [6.07, 6.45) is 8.99. The molecule has 0 fully saturated rings. The van der Waals surface area contributed by atoms with Gasteiger partial charge < -0.3 is 4.42 Å². The lowest BCUT2D eigenvalue weighted by Gasteiger charge is -1.86. The summed E-state index contributed by atoms with van der Waals surface area (Å²) in [7, 11) is 0. The average Bonchev–Trinajstić information content (AvgIpc) is 2.45. The van der Waals surface area contributed by atoms with Gasteiger partial charge in [-0.15, -0.1) is 0 Å². The highest BCUT2D eigenvalue weighted by Gasteiger charge is 1.93. The van der Waals surface area contributed by atoms with Gasteiger partial charge >= 0.3 is 0 Å². The SMILES string of the molecule is C/C=C/C=C/Cc1ccc(C)o1. The van der Waals surface area contributed by atoms with E-state index >= 15 is 0 Å². The molecule has 0 saturated heterocycles.